The van der Waals surface area contributed by atoms with E-state index < -0.39 is 0 Å². The average molecular weight is 290 g/mol. The molecule has 1 aliphatic rings. The molecule has 0 amide bonds. The van der Waals surface area contributed by atoms with E-state index in [1.165, 1.54) is 10.4 Å². The highest BCUT2D eigenvalue weighted by Gasteiger charge is 2.20. The number of aromatic nitrogens is 2. The standard InChI is InChI=1S/C13H14N4S2/c1-8-6-10(12(14)18)16-13(15-8)17-4-2-11-9(7-17)3-5-19-11/h3,5-6H,2,4,7H2,1H3,(H2,14,18). The van der Waals surface area contributed by atoms with Crippen LogP contribution >= 0.6 is 23.6 Å². The molecule has 0 spiro atoms. The minimum atomic E-state index is 0.319. The van der Waals surface area contributed by atoms with Crippen molar-refractivity contribution >= 4 is 34.5 Å². The number of thiophene rings is 1. The smallest absolute Gasteiger partial charge is 0.226 e. The molecule has 2 aromatic heterocycles. The van der Waals surface area contributed by atoms with Gasteiger partial charge >= 0.3 is 0 Å². The van der Waals surface area contributed by atoms with Gasteiger partial charge in [-0.2, -0.15) is 0 Å². The third-order valence-electron chi connectivity index (χ3n) is 3.19. The number of hydrogen-bond acceptors (Lipinski definition) is 5. The Morgan fingerprint density at radius 2 is 2.32 bits per heavy atom. The molecule has 0 aliphatic carbocycles. The van der Waals surface area contributed by atoms with Crippen LogP contribution in [0, 0.1) is 6.92 Å². The van der Waals surface area contributed by atoms with Crippen molar-refractivity contribution in [3.05, 3.63) is 39.3 Å². The molecule has 0 atom stereocenters. The van der Waals surface area contributed by atoms with Crippen LogP contribution in [0.15, 0.2) is 17.5 Å². The maximum atomic E-state index is 5.67. The first-order chi connectivity index (χ1) is 9.13. The minimum Gasteiger partial charge on any atom is -0.388 e. The number of aryl methyl sites for hydroxylation is 1. The molecule has 6 heteroatoms. The number of nitrogens with zero attached hydrogens (tertiary/aromatic N) is 3. The first-order valence-electron chi connectivity index (χ1n) is 6.09. The summed E-state index contributed by atoms with van der Waals surface area (Å²) in [5.41, 5.74) is 8.58. The zero-order chi connectivity index (χ0) is 13.4. The van der Waals surface area contributed by atoms with Gasteiger partial charge in [-0.05, 0) is 36.4 Å². The van der Waals surface area contributed by atoms with E-state index in [9.17, 15) is 0 Å². The lowest BCUT2D eigenvalue weighted by atomic mass is 10.1. The highest BCUT2D eigenvalue weighted by Crippen LogP contribution is 2.26. The first kappa shape index (κ1) is 12.5. The molecule has 0 bridgehead atoms. The van der Waals surface area contributed by atoms with Gasteiger partial charge in [0.1, 0.15) is 10.7 Å². The highest BCUT2D eigenvalue weighted by molar-refractivity contribution is 7.80. The zero-order valence-electron chi connectivity index (χ0n) is 10.6. The van der Waals surface area contributed by atoms with Crippen molar-refractivity contribution in [2.45, 2.75) is 19.9 Å². The lowest BCUT2D eigenvalue weighted by Crippen LogP contribution is -2.31. The number of nitrogens with two attached hydrogens (primary N) is 1. The molecule has 2 aromatic rings. The second-order valence-corrected chi connectivity index (χ2v) is 6.04. The predicted molar refractivity (Wildman–Crippen MR) is 81.7 cm³/mol. The maximum absolute atomic E-state index is 5.67. The van der Waals surface area contributed by atoms with E-state index in [2.05, 4.69) is 26.3 Å². The molecule has 0 unspecified atom stereocenters. The molecule has 2 N–H and O–H groups in total. The molecule has 3 heterocycles. The number of hydrogen-bond donors (Lipinski definition) is 1. The Morgan fingerprint density at radius 3 is 3.11 bits per heavy atom. The second kappa shape index (κ2) is 4.86. The van der Waals surface area contributed by atoms with Crippen LogP contribution in [0.25, 0.3) is 0 Å². The molecule has 0 saturated carbocycles. The topological polar surface area (TPSA) is 55.0 Å². The van der Waals surface area contributed by atoms with Crippen LogP contribution in [0.1, 0.15) is 21.8 Å². The number of anilines is 1. The Kier molecular flexibility index (Phi) is 3.20. The summed E-state index contributed by atoms with van der Waals surface area (Å²) in [7, 11) is 0. The van der Waals surface area contributed by atoms with Crippen molar-refractivity contribution in [2.75, 3.05) is 11.4 Å². The van der Waals surface area contributed by atoms with Crippen molar-refractivity contribution in [3.8, 4) is 0 Å². The lowest BCUT2D eigenvalue weighted by Gasteiger charge is -2.27. The fourth-order valence-electron chi connectivity index (χ4n) is 2.24. The van der Waals surface area contributed by atoms with E-state index >= 15 is 0 Å². The van der Waals surface area contributed by atoms with Crippen molar-refractivity contribution in [1.82, 2.24) is 9.97 Å². The molecule has 4 nitrogen and oxygen atoms in total. The molecule has 0 fully saturated rings. The molecule has 0 radical (unpaired) electrons. The summed E-state index contributed by atoms with van der Waals surface area (Å²) in [6.07, 6.45) is 1.05. The summed E-state index contributed by atoms with van der Waals surface area (Å²) in [5, 5.41) is 2.14. The molecular formula is C13H14N4S2. The Bertz CT molecular complexity index is 635. The molecule has 1 aliphatic heterocycles. The second-order valence-electron chi connectivity index (χ2n) is 4.60. The number of rotatable bonds is 2. The molecule has 0 aromatic carbocycles. The molecule has 0 saturated heterocycles. The van der Waals surface area contributed by atoms with Crippen LogP contribution < -0.4 is 10.6 Å². The Morgan fingerprint density at radius 1 is 1.47 bits per heavy atom. The van der Waals surface area contributed by atoms with Crippen LogP contribution in [-0.2, 0) is 13.0 Å². The van der Waals surface area contributed by atoms with Crippen LogP contribution in [0.3, 0.4) is 0 Å². The molecule has 3 rings (SSSR count). The Hall–Kier alpha value is -1.53. The number of fused-ring (bicyclic) bond motifs is 1. The van der Waals surface area contributed by atoms with E-state index in [1.807, 2.05) is 24.3 Å². The lowest BCUT2D eigenvalue weighted by molar-refractivity contribution is 0.715. The van der Waals surface area contributed by atoms with Gasteiger partial charge in [0, 0.05) is 23.7 Å². The Balaban J connectivity index is 1.93. The van der Waals surface area contributed by atoms with Crippen molar-refractivity contribution in [1.29, 1.82) is 0 Å². The first-order valence-corrected chi connectivity index (χ1v) is 7.38. The van der Waals surface area contributed by atoms with Gasteiger partial charge in [0.15, 0.2) is 0 Å². The van der Waals surface area contributed by atoms with Crippen LogP contribution in [0.5, 0.6) is 0 Å². The molecule has 98 valence electrons. The Labute approximate surface area is 121 Å². The van der Waals surface area contributed by atoms with Gasteiger partial charge in [-0.1, -0.05) is 12.2 Å². The average Bonchev–Trinajstić information content (AvgIpc) is 2.85. The summed E-state index contributed by atoms with van der Waals surface area (Å²) in [6, 6.07) is 4.00. The van der Waals surface area contributed by atoms with Gasteiger partial charge in [-0.15, -0.1) is 11.3 Å². The van der Waals surface area contributed by atoms with Gasteiger partial charge < -0.3 is 10.6 Å². The predicted octanol–water partition coefficient (Wildman–Crippen LogP) is 2.04. The summed E-state index contributed by atoms with van der Waals surface area (Å²) in [5.74, 6) is 0.722. The van der Waals surface area contributed by atoms with Crippen molar-refractivity contribution < 1.29 is 0 Å². The normalized spacial score (nSPS) is 14.3. The van der Waals surface area contributed by atoms with Crippen LogP contribution in [0.4, 0.5) is 5.95 Å². The van der Waals surface area contributed by atoms with E-state index in [-0.39, 0.29) is 0 Å². The van der Waals surface area contributed by atoms with Gasteiger partial charge in [0.05, 0.1) is 0 Å². The monoisotopic (exact) mass is 290 g/mol. The van der Waals surface area contributed by atoms with Crippen molar-refractivity contribution in [2.24, 2.45) is 5.73 Å². The number of thiocarbonyl (C=S) groups is 1. The fourth-order valence-corrected chi connectivity index (χ4v) is 3.23. The van der Waals surface area contributed by atoms with Crippen LogP contribution in [0.2, 0.25) is 0 Å². The van der Waals surface area contributed by atoms with E-state index in [1.54, 1.807) is 0 Å². The third kappa shape index (κ3) is 2.46. The van der Waals surface area contributed by atoms with Gasteiger partial charge in [-0.3, -0.25) is 0 Å². The van der Waals surface area contributed by atoms with Gasteiger partial charge in [0.2, 0.25) is 5.95 Å². The highest BCUT2D eigenvalue weighted by atomic mass is 32.1. The van der Waals surface area contributed by atoms with Gasteiger partial charge in [0.25, 0.3) is 0 Å². The largest absolute Gasteiger partial charge is 0.388 e. The quantitative estimate of drug-likeness (QED) is 0.858. The van der Waals surface area contributed by atoms with Crippen molar-refractivity contribution in [3.63, 3.8) is 0 Å². The van der Waals surface area contributed by atoms with E-state index in [0.717, 1.165) is 31.2 Å². The minimum absolute atomic E-state index is 0.319. The van der Waals surface area contributed by atoms with Crippen LogP contribution in [-0.4, -0.2) is 21.5 Å². The maximum Gasteiger partial charge on any atom is 0.226 e. The summed E-state index contributed by atoms with van der Waals surface area (Å²) >= 11 is 6.83. The third-order valence-corrected chi connectivity index (χ3v) is 4.42. The summed E-state index contributed by atoms with van der Waals surface area (Å²) < 4.78 is 0. The fraction of sp³-hybridized carbons (Fsp3) is 0.308. The molecular weight excluding hydrogens is 276 g/mol. The van der Waals surface area contributed by atoms with E-state index in [0.29, 0.717) is 10.7 Å². The molecule has 19 heavy (non-hydrogen) atoms. The SMILES string of the molecule is Cc1cc(C(N)=S)nc(N2CCc3sccc3C2)n1. The van der Waals surface area contributed by atoms with Gasteiger partial charge in [-0.25, -0.2) is 9.97 Å². The summed E-state index contributed by atoms with van der Waals surface area (Å²) in [6.45, 7) is 3.74. The van der Waals surface area contributed by atoms with E-state index in [4.69, 9.17) is 18.0 Å². The summed E-state index contributed by atoms with van der Waals surface area (Å²) in [4.78, 5) is 12.9. The zero-order valence-corrected chi connectivity index (χ0v) is 12.2.